The average Bonchev–Trinajstić information content (AvgIpc) is 2.72. The van der Waals surface area contributed by atoms with Crippen molar-refractivity contribution in [2.45, 2.75) is 38.5 Å². The molecule has 2 unspecified atom stereocenters. The number of hydrogen-bond donors (Lipinski definition) is 2. The van der Waals surface area contributed by atoms with E-state index in [0.29, 0.717) is 31.2 Å². The van der Waals surface area contributed by atoms with Crippen molar-refractivity contribution in [3.8, 4) is 6.07 Å². The highest BCUT2D eigenvalue weighted by Gasteiger charge is 2.44. The Bertz CT molecular complexity index is 331. The van der Waals surface area contributed by atoms with E-state index in [-0.39, 0.29) is 12.5 Å². The summed E-state index contributed by atoms with van der Waals surface area (Å²) >= 11 is 0. The molecule has 2 aliphatic rings. The Hall–Kier alpha value is -1.08. The Balaban J connectivity index is 1.82. The van der Waals surface area contributed by atoms with Crippen molar-refractivity contribution >= 4 is 5.91 Å². The van der Waals surface area contributed by atoms with E-state index in [1.54, 1.807) is 0 Å². The van der Waals surface area contributed by atoms with Crippen LogP contribution >= 0.6 is 0 Å². The molecule has 0 aromatic heterocycles. The van der Waals surface area contributed by atoms with Crippen LogP contribution in [-0.4, -0.2) is 24.2 Å². The molecular formula is C13H20N2O2. The van der Waals surface area contributed by atoms with Crippen molar-refractivity contribution in [2.24, 2.45) is 17.3 Å². The molecule has 4 heteroatoms. The topological polar surface area (TPSA) is 73.1 Å². The first kappa shape index (κ1) is 12.4. The fourth-order valence-electron chi connectivity index (χ4n) is 2.94. The highest BCUT2D eigenvalue weighted by molar-refractivity contribution is 5.86. The Morgan fingerprint density at radius 1 is 1.35 bits per heavy atom. The molecular weight excluding hydrogens is 216 g/mol. The molecule has 1 amide bonds. The van der Waals surface area contributed by atoms with Gasteiger partial charge in [0.25, 0.3) is 0 Å². The zero-order valence-electron chi connectivity index (χ0n) is 10.1. The molecule has 17 heavy (non-hydrogen) atoms. The predicted molar refractivity (Wildman–Crippen MR) is 62.8 cm³/mol. The van der Waals surface area contributed by atoms with Gasteiger partial charge in [-0.1, -0.05) is 6.42 Å². The Morgan fingerprint density at radius 2 is 2.06 bits per heavy atom. The number of aliphatic hydroxyl groups is 1. The van der Waals surface area contributed by atoms with Crippen LogP contribution in [-0.2, 0) is 4.79 Å². The Morgan fingerprint density at radius 3 is 2.59 bits per heavy atom. The van der Waals surface area contributed by atoms with Crippen molar-refractivity contribution in [3.05, 3.63) is 0 Å². The molecule has 0 heterocycles. The maximum atomic E-state index is 11.9. The van der Waals surface area contributed by atoms with Crippen molar-refractivity contribution in [2.75, 3.05) is 13.2 Å². The predicted octanol–water partition coefficient (Wildman–Crippen LogP) is 1.21. The molecule has 94 valence electrons. The van der Waals surface area contributed by atoms with Crippen LogP contribution in [0.5, 0.6) is 0 Å². The third-order valence-electron chi connectivity index (χ3n) is 4.43. The van der Waals surface area contributed by atoms with Crippen LogP contribution in [0.25, 0.3) is 0 Å². The second kappa shape index (κ2) is 5.05. The first-order valence-corrected chi connectivity index (χ1v) is 6.52. The first-order valence-electron chi connectivity index (χ1n) is 6.52. The minimum absolute atomic E-state index is 0.102. The van der Waals surface area contributed by atoms with Gasteiger partial charge in [-0.25, -0.2) is 0 Å². The summed E-state index contributed by atoms with van der Waals surface area (Å²) < 4.78 is 0. The maximum Gasteiger partial charge on any atom is 0.240 e. The number of amides is 1. The molecule has 0 spiro atoms. The van der Waals surface area contributed by atoms with Gasteiger partial charge in [0.2, 0.25) is 5.91 Å². The summed E-state index contributed by atoms with van der Waals surface area (Å²) in [4.78, 5) is 11.9. The van der Waals surface area contributed by atoms with E-state index in [9.17, 15) is 9.90 Å². The molecule has 0 aliphatic heterocycles. The lowest BCUT2D eigenvalue weighted by Crippen LogP contribution is -2.46. The van der Waals surface area contributed by atoms with Gasteiger partial charge in [0, 0.05) is 13.2 Å². The largest absolute Gasteiger partial charge is 0.396 e. The fourth-order valence-corrected chi connectivity index (χ4v) is 2.94. The lowest BCUT2D eigenvalue weighted by atomic mass is 9.69. The third kappa shape index (κ3) is 2.30. The third-order valence-corrected chi connectivity index (χ3v) is 4.43. The van der Waals surface area contributed by atoms with Crippen molar-refractivity contribution < 1.29 is 9.90 Å². The maximum absolute atomic E-state index is 11.9. The zero-order chi connectivity index (χ0) is 12.3. The molecule has 0 radical (unpaired) electrons. The quantitative estimate of drug-likeness (QED) is 0.770. The summed E-state index contributed by atoms with van der Waals surface area (Å²) in [5, 5.41) is 21.2. The average molecular weight is 236 g/mol. The van der Waals surface area contributed by atoms with Crippen LogP contribution in [0.1, 0.15) is 38.5 Å². The van der Waals surface area contributed by atoms with E-state index in [1.165, 1.54) is 0 Å². The van der Waals surface area contributed by atoms with E-state index >= 15 is 0 Å². The lowest BCUT2D eigenvalue weighted by Gasteiger charge is -2.34. The van der Waals surface area contributed by atoms with E-state index in [4.69, 9.17) is 5.26 Å². The number of nitriles is 1. The standard InChI is InChI=1S/C13H20N2O2/c14-9-13(5-2-6-13)12(17)15-7-10-3-1-4-11(10)8-16/h10-11,16H,1-8H2,(H,15,17). The van der Waals surface area contributed by atoms with Crippen LogP contribution in [0.3, 0.4) is 0 Å². The molecule has 0 saturated heterocycles. The molecule has 0 bridgehead atoms. The Labute approximate surface area is 102 Å². The zero-order valence-corrected chi connectivity index (χ0v) is 10.1. The molecule has 2 saturated carbocycles. The second-order valence-electron chi connectivity index (χ2n) is 5.39. The van der Waals surface area contributed by atoms with E-state index in [1.807, 2.05) is 0 Å². The molecule has 2 N–H and O–H groups in total. The molecule has 2 rings (SSSR count). The molecule has 0 aromatic rings. The number of carbonyl (C=O) groups is 1. The van der Waals surface area contributed by atoms with Crippen LogP contribution in [0.4, 0.5) is 0 Å². The second-order valence-corrected chi connectivity index (χ2v) is 5.39. The number of aliphatic hydroxyl groups excluding tert-OH is 1. The van der Waals surface area contributed by atoms with Crippen LogP contribution in [0.15, 0.2) is 0 Å². The molecule has 4 nitrogen and oxygen atoms in total. The number of nitrogens with one attached hydrogen (secondary N) is 1. The van der Waals surface area contributed by atoms with Gasteiger partial charge in [0.1, 0.15) is 5.41 Å². The molecule has 0 aromatic carbocycles. The highest BCUT2D eigenvalue weighted by Crippen LogP contribution is 2.40. The van der Waals surface area contributed by atoms with Gasteiger partial charge < -0.3 is 10.4 Å². The number of rotatable bonds is 4. The van der Waals surface area contributed by atoms with Crippen LogP contribution in [0.2, 0.25) is 0 Å². The van der Waals surface area contributed by atoms with Gasteiger partial charge in [-0.2, -0.15) is 5.26 Å². The summed E-state index contributed by atoms with van der Waals surface area (Å²) in [7, 11) is 0. The molecule has 2 atom stereocenters. The molecule has 2 aliphatic carbocycles. The monoisotopic (exact) mass is 236 g/mol. The van der Waals surface area contributed by atoms with E-state index in [0.717, 1.165) is 25.7 Å². The van der Waals surface area contributed by atoms with Crippen LogP contribution < -0.4 is 5.32 Å². The van der Waals surface area contributed by atoms with Gasteiger partial charge >= 0.3 is 0 Å². The van der Waals surface area contributed by atoms with Crippen molar-refractivity contribution in [1.29, 1.82) is 5.26 Å². The van der Waals surface area contributed by atoms with Crippen molar-refractivity contribution in [3.63, 3.8) is 0 Å². The number of nitrogens with zero attached hydrogens (tertiary/aromatic N) is 1. The lowest BCUT2D eigenvalue weighted by molar-refractivity contribution is -0.132. The normalized spacial score (nSPS) is 30.4. The van der Waals surface area contributed by atoms with Gasteiger partial charge in [0.05, 0.1) is 6.07 Å². The summed E-state index contributed by atoms with van der Waals surface area (Å²) in [5.74, 6) is 0.615. The van der Waals surface area contributed by atoms with E-state index < -0.39 is 5.41 Å². The summed E-state index contributed by atoms with van der Waals surface area (Å²) in [6.45, 7) is 0.831. The van der Waals surface area contributed by atoms with Gasteiger partial charge in [0.15, 0.2) is 0 Å². The first-order chi connectivity index (χ1) is 8.22. The van der Waals surface area contributed by atoms with Gasteiger partial charge in [-0.05, 0) is 43.9 Å². The number of hydrogen-bond acceptors (Lipinski definition) is 3. The van der Waals surface area contributed by atoms with E-state index in [2.05, 4.69) is 11.4 Å². The van der Waals surface area contributed by atoms with Gasteiger partial charge in [-0.3, -0.25) is 4.79 Å². The highest BCUT2D eigenvalue weighted by atomic mass is 16.3. The minimum atomic E-state index is -0.743. The van der Waals surface area contributed by atoms with Gasteiger partial charge in [-0.15, -0.1) is 0 Å². The number of carbonyl (C=O) groups excluding carboxylic acids is 1. The summed E-state index contributed by atoms with van der Waals surface area (Å²) in [6.07, 6.45) is 5.64. The SMILES string of the molecule is N#CC1(C(=O)NCC2CCCC2CO)CCC1. The molecule has 2 fully saturated rings. The van der Waals surface area contributed by atoms with Crippen LogP contribution in [0, 0.1) is 28.6 Å². The summed E-state index contributed by atoms with van der Waals surface area (Å²) in [5.41, 5.74) is -0.743. The van der Waals surface area contributed by atoms with Crippen molar-refractivity contribution in [1.82, 2.24) is 5.32 Å². The Kier molecular flexibility index (Phi) is 3.68. The smallest absolute Gasteiger partial charge is 0.240 e. The summed E-state index contributed by atoms with van der Waals surface area (Å²) in [6, 6.07) is 2.15. The minimum Gasteiger partial charge on any atom is -0.396 e. The fraction of sp³-hybridized carbons (Fsp3) is 0.846.